The van der Waals surface area contributed by atoms with Crippen LogP contribution in [0.3, 0.4) is 0 Å². The Balaban J connectivity index is 1.40. The number of amides is 2. The second-order valence-corrected chi connectivity index (χ2v) is 12.2. The van der Waals surface area contributed by atoms with Crippen molar-refractivity contribution in [3.63, 3.8) is 0 Å². The van der Waals surface area contributed by atoms with Crippen molar-refractivity contribution in [2.75, 3.05) is 20.2 Å². The Morgan fingerprint density at radius 3 is 2.22 bits per heavy atom. The van der Waals surface area contributed by atoms with Crippen LogP contribution in [-0.2, 0) is 12.0 Å². The molecule has 1 saturated heterocycles. The molecule has 0 aromatic heterocycles. The summed E-state index contributed by atoms with van der Waals surface area (Å²) in [7, 11) is 1.67. The summed E-state index contributed by atoms with van der Waals surface area (Å²) in [4.78, 5) is 18.0. The van der Waals surface area contributed by atoms with E-state index in [2.05, 4.69) is 49.1 Å². The number of nitrogens with zero attached hydrogens (tertiary/aromatic N) is 2. The molecule has 1 unspecified atom stereocenters. The third kappa shape index (κ3) is 5.12. The molecule has 2 aliphatic carbocycles. The summed E-state index contributed by atoms with van der Waals surface area (Å²) in [6, 6.07) is 19.2. The van der Waals surface area contributed by atoms with E-state index in [1.165, 1.54) is 18.4 Å². The molecule has 2 saturated carbocycles. The van der Waals surface area contributed by atoms with Crippen LogP contribution >= 0.6 is 0 Å². The molecule has 5 nitrogen and oxygen atoms in total. The fourth-order valence-corrected chi connectivity index (χ4v) is 7.07. The predicted molar refractivity (Wildman–Crippen MR) is 148 cm³/mol. The second-order valence-electron chi connectivity index (χ2n) is 12.2. The molecule has 0 radical (unpaired) electrons. The fraction of sp³-hybridized carbons (Fsp3) is 0.594. The van der Waals surface area contributed by atoms with Crippen LogP contribution in [0.15, 0.2) is 54.6 Å². The molecule has 0 bridgehead atoms. The Labute approximate surface area is 222 Å². The van der Waals surface area contributed by atoms with Gasteiger partial charge in [-0.25, -0.2) is 4.79 Å². The number of benzene rings is 2. The van der Waals surface area contributed by atoms with Crippen LogP contribution < -0.4 is 4.74 Å². The van der Waals surface area contributed by atoms with Gasteiger partial charge in [-0.2, -0.15) is 0 Å². The first-order chi connectivity index (χ1) is 17.8. The normalized spacial score (nSPS) is 27.8. The molecular weight excluding hydrogens is 460 g/mol. The highest BCUT2D eigenvalue weighted by Gasteiger charge is 2.56. The van der Waals surface area contributed by atoms with E-state index in [1.54, 1.807) is 7.11 Å². The van der Waals surface area contributed by atoms with Crippen molar-refractivity contribution in [3.05, 3.63) is 65.7 Å². The maximum absolute atomic E-state index is 13.9. The molecule has 3 aliphatic rings. The van der Waals surface area contributed by atoms with Gasteiger partial charge in [-0.15, -0.1) is 0 Å². The Kier molecular flexibility index (Phi) is 7.28. The van der Waals surface area contributed by atoms with Gasteiger partial charge in [0.25, 0.3) is 0 Å². The van der Waals surface area contributed by atoms with E-state index in [4.69, 9.17) is 4.74 Å². The molecule has 5 rings (SSSR count). The van der Waals surface area contributed by atoms with E-state index in [0.717, 1.165) is 62.8 Å². The number of ether oxygens (including phenoxy) is 1. The summed E-state index contributed by atoms with van der Waals surface area (Å²) in [6.45, 7) is 6.47. The summed E-state index contributed by atoms with van der Waals surface area (Å²) in [5.74, 6) is 1.49. The van der Waals surface area contributed by atoms with Gasteiger partial charge in [0.05, 0.1) is 24.8 Å². The number of rotatable bonds is 9. The van der Waals surface area contributed by atoms with Crippen LogP contribution in [0.5, 0.6) is 5.75 Å². The Bertz CT molecular complexity index is 1060. The molecule has 1 heterocycles. The zero-order valence-corrected chi connectivity index (χ0v) is 22.9. The monoisotopic (exact) mass is 504 g/mol. The number of methoxy groups -OCH3 is 1. The van der Waals surface area contributed by atoms with Crippen LogP contribution in [-0.4, -0.2) is 52.3 Å². The summed E-state index contributed by atoms with van der Waals surface area (Å²) in [5, 5.41) is 11.1. The van der Waals surface area contributed by atoms with Crippen LogP contribution in [0.1, 0.15) is 82.8 Å². The lowest BCUT2D eigenvalue weighted by molar-refractivity contribution is -0.0688. The van der Waals surface area contributed by atoms with E-state index in [1.807, 2.05) is 29.2 Å². The average Bonchev–Trinajstić information content (AvgIpc) is 3.15. The number of carbonyl (C=O) groups excluding carboxylic acids is 1. The van der Waals surface area contributed by atoms with Gasteiger partial charge in [-0.3, -0.25) is 0 Å². The van der Waals surface area contributed by atoms with E-state index in [-0.39, 0.29) is 17.0 Å². The van der Waals surface area contributed by atoms with Crippen LogP contribution in [0.2, 0.25) is 0 Å². The van der Waals surface area contributed by atoms with Gasteiger partial charge in [0.1, 0.15) is 5.75 Å². The summed E-state index contributed by atoms with van der Waals surface area (Å²) in [5.41, 5.74) is 1.80. The molecule has 200 valence electrons. The highest BCUT2D eigenvalue weighted by Crippen LogP contribution is 2.52. The third-order valence-corrected chi connectivity index (χ3v) is 9.79. The Morgan fingerprint density at radius 2 is 1.65 bits per heavy atom. The zero-order chi connectivity index (χ0) is 26.1. The van der Waals surface area contributed by atoms with E-state index in [9.17, 15) is 9.90 Å². The van der Waals surface area contributed by atoms with Crippen molar-refractivity contribution >= 4 is 6.03 Å². The van der Waals surface area contributed by atoms with Gasteiger partial charge >= 0.3 is 6.03 Å². The van der Waals surface area contributed by atoms with Gasteiger partial charge in [0, 0.05) is 13.1 Å². The minimum Gasteiger partial charge on any atom is -0.497 e. The largest absolute Gasteiger partial charge is 0.497 e. The number of carbonyl (C=O) groups is 1. The smallest absolute Gasteiger partial charge is 0.321 e. The Hall–Kier alpha value is -2.53. The van der Waals surface area contributed by atoms with Crippen molar-refractivity contribution in [2.45, 2.75) is 94.7 Å². The predicted octanol–water partition coefficient (Wildman–Crippen LogP) is 6.53. The van der Waals surface area contributed by atoms with E-state index < -0.39 is 5.60 Å². The van der Waals surface area contributed by atoms with Crippen molar-refractivity contribution in [1.82, 2.24) is 9.80 Å². The molecule has 37 heavy (non-hydrogen) atoms. The molecule has 1 N–H and O–H groups in total. The van der Waals surface area contributed by atoms with Crippen LogP contribution in [0.4, 0.5) is 4.79 Å². The third-order valence-electron chi connectivity index (χ3n) is 9.79. The molecule has 3 fully saturated rings. The maximum atomic E-state index is 13.9. The quantitative estimate of drug-likeness (QED) is 0.422. The molecular formula is C32H44N2O3. The first kappa shape index (κ1) is 26.1. The first-order valence-electron chi connectivity index (χ1n) is 14.3. The SMILES string of the molecule is CCC(C)C[C@]1(c2ccccc2)CC[C@]2(CC1)CN(Cc1ccc(OC)cc1)C(=O)N2CC1(O)CCC1. The standard InChI is InChI=1S/C32H44N2O3/c1-4-25(2)21-30(27-9-6-5-7-10-27)17-19-31(20-18-30)23-33(22-26-11-13-28(37-3)14-12-26)29(35)34(31)24-32(36)15-8-16-32/h5-7,9-14,25,36H,4,8,15-24H2,1-3H3/t25?,30-,31-. The number of urea groups is 1. The summed E-state index contributed by atoms with van der Waals surface area (Å²) >= 11 is 0. The molecule has 2 aromatic carbocycles. The second kappa shape index (κ2) is 10.3. The lowest BCUT2D eigenvalue weighted by Gasteiger charge is -2.51. The molecule has 2 amide bonds. The fourth-order valence-electron chi connectivity index (χ4n) is 7.07. The first-order valence-corrected chi connectivity index (χ1v) is 14.3. The minimum atomic E-state index is -0.719. The van der Waals surface area contributed by atoms with Gasteiger partial charge in [0.2, 0.25) is 0 Å². The van der Waals surface area contributed by atoms with Crippen molar-refractivity contribution in [1.29, 1.82) is 0 Å². The van der Waals surface area contributed by atoms with Crippen LogP contribution in [0.25, 0.3) is 0 Å². The highest BCUT2D eigenvalue weighted by molar-refractivity contribution is 5.78. The average molecular weight is 505 g/mol. The Morgan fingerprint density at radius 1 is 0.973 bits per heavy atom. The van der Waals surface area contributed by atoms with Gasteiger partial charge in [-0.1, -0.05) is 62.7 Å². The van der Waals surface area contributed by atoms with Gasteiger partial charge in [-0.05, 0) is 86.0 Å². The minimum absolute atomic E-state index is 0.0882. The summed E-state index contributed by atoms with van der Waals surface area (Å²) < 4.78 is 5.32. The number of β-amino-alcohol motifs (C(OH)–C–C–N with tert-alkyl or cyclic N) is 1. The van der Waals surface area contributed by atoms with Crippen LogP contribution in [0, 0.1) is 5.92 Å². The molecule has 1 aliphatic heterocycles. The van der Waals surface area contributed by atoms with E-state index >= 15 is 0 Å². The van der Waals surface area contributed by atoms with Crippen molar-refractivity contribution in [3.8, 4) is 5.75 Å². The topological polar surface area (TPSA) is 53.0 Å². The highest BCUT2D eigenvalue weighted by atomic mass is 16.5. The lowest BCUT2D eigenvalue weighted by Crippen LogP contribution is -2.58. The van der Waals surface area contributed by atoms with Gasteiger partial charge < -0.3 is 19.6 Å². The zero-order valence-electron chi connectivity index (χ0n) is 22.9. The number of hydrogen-bond donors (Lipinski definition) is 1. The molecule has 1 atom stereocenters. The number of aliphatic hydroxyl groups is 1. The maximum Gasteiger partial charge on any atom is 0.321 e. The van der Waals surface area contributed by atoms with Gasteiger partial charge in [0.15, 0.2) is 0 Å². The molecule has 5 heteroatoms. The van der Waals surface area contributed by atoms with Crippen molar-refractivity contribution in [2.24, 2.45) is 5.92 Å². The van der Waals surface area contributed by atoms with E-state index in [0.29, 0.717) is 19.0 Å². The lowest BCUT2D eigenvalue weighted by atomic mass is 9.60. The number of hydrogen-bond acceptors (Lipinski definition) is 3. The molecule has 2 aromatic rings. The molecule has 1 spiro atoms. The summed E-state index contributed by atoms with van der Waals surface area (Å²) in [6.07, 6.45) is 9.16. The van der Waals surface area contributed by atoms with Crippen molar-refractivity contribution < 1.29 is 14.6 Å².